The van der Waals surface area contributed by atoms with Gasteiger partial charge in [-0.05, 0) is 79.5 Å². The van der Waals surface area contributed by atoms with Gasteiger partial charge in [-0.3, -0.25) is 4.57 Å². The Labute approximate surface area is 230 Å². The smallest absolute Gasteiger partial charge is 0.213 e. The van der Waals surface area contributed by atoms with Gasteiger partial charge in [0.25, 0.3) is 0 Å². The Hall–Kier alpha value is -2.04. The molecule has 0 bridgehead atoms. The quantitative estimate of drug-likeness (QED) is 0.240. The van der Waals surface area contributed by atoms with E-state index in [1.54, 1.807) is 20.0 Å². The molecule has 1 aliphatic rings. The number of hydrogen-bond donors (Lipinski definition) is 0. The van der Waals surface area contributed by atoms with Crippen molar-refractivity contribution in [1.29, 1.82) is 0 Å². The molecular formula is C31H49N2O4P. The molecule has 7 heteroatoms. The molecule has 0 radical (unpaired) electrons. The van der Waals surface area contributed by atoms with Gasteiger partial charge in [0.1, 0.15) is 5.75 Å². The normalized spacial score (nSPS) is 17.2. The first-order valence-electron chi connectivity index (χ1n) is 14.2. The summed E-state index contributed by atoms with van der Waals surface area (Å²) in [6.45, 7) is 15.8. The summed E-state index contributed by atoms with van der Waals surface area (Å²) in [5, 5.41) is 0. The Kier molecular flexibility index (Phi) is 11.1. The van der Waals surface area contributed by atoms with Crippen molar-refractivity contribution < 1.29 is 18.6 Å². The van der Waals surface area contributed by atoms with Crippen LogP contribution in [0.5, 0.6) is 11.6 Å². The van der Waals surface area contributed by atoms with Crippen molar-refractivity contribution in [3.63, 3.8) is 0 Å². The van der Waals surface area contributed by atoms with Crippen LogP contribution in [-0.4, -0.2) is 51.2 Å². The second-order valence-corrected chi connectivity index (χ2v) is 14.7. The minimum Gasteiger partial charge on any atom is -0.497 e. The molecule has 0 aliphatic carbocycles. The number of nitrogens with zero attached hydrogens (tertiary/aromatic N) is 2. The number of rotatable bonds is 13. The predicted molar refractivity (Wildman–Crippen MR) is 158 cm³/mol. The van der Waals surface area contributed by atoms with Gasteiger partial charge in [-0.1, -0.05) is 33.8 Å². The van der Waals surface area contributed by atoms with Gasteiger partial charge in [-0.15, -0.1) is 0 Å². The molecule has 38 heavy (non-hydrogen) atoms. The molecule has 2 aromatic rings. The van der Waals surface area contributed by atoms with Crippen LogP contribution in [0.3, 0.4) is 0 Å². The number of benzene rings is 1. The predicted octanol–water partition coefficient (Wildman–Crippen LogP) is 7.80. The summed E-state index contributed by atoms with van der Waals surface area (Å²) in [5.74, 6) is 2.18. The Bertz CT molecular complexity index is 1060. The van der Waals surface area contributed by atoms with Crippen molar-refractivity contribution in [3.8, 4) is 11.6 Å². The lowest BCUT2D eigenvalue weighted by Crippen LogP contribution is -2.36. The third-order valence-corrected chi connectivity index (χ3v) is 9.44. The lowest BCUT2D eigenvalue weighted by molar-refractivity contribution is 0.216. The van der Waals surface area contributed by atoms with Crippen molar-refractivity contribution in [1.82, 2.24) is 4.98 Å². The van der Waals surface area contributed by atoms with Crippen LogP contribution in [0, 0.1) is 11.3 Å². The Morgan fingerprint density at radius 2 is 1.89 bits per heavy atom. The molecule has 6 nitrogen and oxygen atoms in total. The van der Waals surface area contributed by atoms with Gasteiger partial charge in [-0.2, -0.15) is 0 Å². The molecule has 212 valence electrons. The monoisotopic (exact) mass is 544 g/mol. The van der Waals surface area contributed by atoms with Crippen LogP contribution in [0.4, 0.5) is 5.69 Å². The molecule has 2 heterocycles. The largest absolute Gasteiger partial charge is 0.497 e. The van der Waals surface area contributed by atoms with E-state index in [0.29, 0.717) is 36.6 Å². The van der Waals surface area contributed by atoms with E-state index in [9.17, 15) is 4.57 Å². The lowest BCUT2D eigenvalue weighted by atomic mass is 9.88. The third kappa shape index (κ3) is 9.61. The van der Waals surface area contributed by atoms with Crippen molar-refractivity contribution in [3.05, 3.63) is 47.7 Å². The number of methoxy groups -OCH3 is 1. The molecule has 1 aromatic carbocycles. The molecule has 0 spiro atoms. The van der Waals surface area contributed by atoms with Gasteiger partial charge >= 0.3 is 0 Å². The van der Waals surface area contributed by atoms with E-state index >= 15 is 0 Å². The van der Waals surface area contributed by atoms with E-state index in [1.165, 1.54) is 24.1 Å². The number of hydrogen-bond acceptors (Lipinski definition) is 6. The van der Waals surface area contributed by atoms with Crippen LogP contribution in [0.2, 0.25) is 0 Å². The fraction of sp³-hybridized carbons (Fsp3) is 0.645. The number of aromatic nitrogens is 1. The maximum atomic E-state index is 12.6. The van der Waals surface area contributed by atoms with Gasteiger partial charge in [0.05, 0.1) is 20.3 Å². The van der Waals surface area contributed by atoms with Gasteiger partial charge < -0.3 is 18.9 Å². The minimum absolute atomic E-state index is 0.117. The first-order chi connectivity index (χ1) is 18.0. The molecule has 0 N–H and O–H groups in total. The number of pyridine rings is 1. The number of aryl methyl sites for hydroxylation is 1. The van der Waals surface area contributed by atoms with E-state index in [1.807, 2.05) is 19.1 Å². The second kappa shape index (κ2) is 13.8. The zero-order valence-corrected chi connectivity index (χ0v) is 25.6. The van der Waals surface area contributed by atoms with Crippen LogP contribution >= 0.6 is 7.37 Å². The van der Waals surface area contributed by atoms with E-state index in [-0.39, 0.29) is 5.92 Å². The summed E-state index contributed by atoms with van der Waals surface area (Å²) < 4.78 is 29.8. The molecule has 0 saturated carbocycles. The van der Waals surface area contributed by atoms with Crippen LogP contribution in [-0.2, 0) is 15.5 Å². The number of anilines is 1. The summed E-state index contributed by atoms with van der Waals surface area (Å²) in [6, 6.07) is 10.5. The van der Waals surface area contributed by atoms with E-state index in [0.717, 1.165) is 43.7 Å². The Balaban J connectivity index is 1.55. The summed E-state index contributed by atoms with van der Waals surface area (Å²) in [5.41, 5.74) is 4.18. The highest BCUT2D eigenvalue weighted by Crippen LogP contribution is 2.46. The highest BCUT2D eigenvalue weighted by molar-refractivity contribution is 7.58. The molecule has 0 amide bonds. The van der Waals surface area contributed by atoms with Crippen LogP contribution in [0.15, 0.2) is 36.5 Å². The molecule has 1 unspecified atom stereocenters. The fourth-order valence-corrected chi connectivity index (χ4v) is 7.13. The molecule has 1 fully saturated rings. The zero-order valence-electron chi connectivity index (χ0n) is 24.7. The van der Waals surface area contributed by atoms with E-state index in [4.69, 9.17) is 14.0 Å². The van der Waals surface area contributed by atoms with Gasteiger partial charge in [0, 0.05) is 49.9 Å². The fourth-order valence-electron chi connectivity index (χ4n) is 5.27. The number of piperidine rings is 1. The molecule has 1 aliphatic heterocycles. The first kappa shape index (κ1) is 30.5. The maximum Gasteiger partial charge on any atom is 0.213 e. The van der Waals surface area contributed by atoms with E-state index in [2.05, 4.69) is 55.8 Å². The second-order valence-electron chi connectivity index (χ2n) is 12.1. The average molecular weight is 545 g/mol. The topological polar surface area (TPSA) is 60.9 Å². The standard InChI is InChI=1S/C31H49N2O4P/c1-8-37-38(7,34)23-24(2)27-13-17-32-30(20-27)36-22-25-14-18-33(19-15-25)29-21-28(35-6)12-11-26(29)10-9-16-31(3,4)5/h11-13,17,20-21,24-25H,8-10,14-16,18-19,22-23H2,1-7H3/t24-,38?/m1/s1. The molecule has 2 atom stereocenters. The van der Waals surface area contributed by atoms with Crippen molar-refractivity contribution in [2.45, 2.75) is 72.6 Å². The van der Waals surface area contributed by atoms with Crippen molar-refractivity contribution >= 4 is 13.1 Å². The molecule has 1 aromatic heterocycles. The van der Waals surface area contributed by atoms with Gasteiger partial charge in [-0.25, -0.2) is 4.98 Å². The Morgan fingerprint density at radius 1 is 1.16 bits per heavy atom. The highest BCUT2D eigenvalue weighted by atomic mass is 31.2. The van der Waals surface area contributed by atoms with Crippen LogP contribution < -0.4 is 14.4 Å². The third-order valence-electron chi connectivity index (χ3n) is 7.42. The summed E-state index contributed by atoms with van der Waals surface area (Å²) in [6.07, 6.45) is 7.98. The SMILES string of the molecule is CCOP(C)(=O)C[C@@H](C)c1ccnc(OCC2CCN(c3cc(OC)ccc3CCCC(C)(C)C)CC2)c1. The van der Waals surface area contributed by atoms with Gasteiger partial charge in [0.2, 0.25) is 13.2 Å². The Morgan fingerprint density at radius 3 is 2.55 bits per heavy atom. The van der Waals surface area contributed by atoms with Crippen molar-refractivity contribution in [2.24, 2.45) is 11.3 Å². The molecule has 1 saturated heterocycles. The maximum absolute atomic E-state index is 12.6. The first-order valence-corrected chi connectivity index (χ1v) is 16.5. The molecule has 3 rings (SSSR count). The highest BCUT2D eigenvalue weighted by Gasteiger charge is 2.24. The lowest BCUT2D eigenvalue weighted by Gasteiger charge is -2.35. The average Bonchev–Trinajstić information content (AvgIpc) is 2.87. The summed E-state index contributed by atoms with van der Waals surface area (Å²) in [4.78, 5) is 6.95. The minimum atomic E-state index is -2.59. The van der Waals surface area contributed by atoms with Gasteiger partial charge in [0.15, 0.2) is 0 Å². The number of ether oxygens (including phenoxy) is 2. The zero-order chi connectivity index (χ0) is 27.8. The van der Waals surface area contributed by atoms with E-state index < -0.39 is 7.37 Å². The summed E-state index contributed by atoms with van der Waals surface area (Å²) >= 11 is 0. The van der Waals surface area contributed by atoms with Crippen molar-refractivity contribution in [2.75, 3.05) is 51.1 Å². The van der Waals surface area contributed by atoms with Crippen LogP contribution in [0.1, 0.15) is 77.3 Å². The van der Waals surface area contributed by atoms with Crippen LogP contribution in [0.25, 0.3) is 0 Å². The summed E-state index contributed by atoms with van der Waals surface area (Å²) in [7, 11) is -0.853. The molecular weight excluding hydrogens is 495 g/mol.